The van der Waals surface area contributed by atoms with Gasteiger partial charge in [-0.15, -0.1) is 0 Å². The van der Waals surface area contributed by atoms with E-state index in [1.807, 2.05) is 24.7 Å². The Balaban J connectivity index is 1.95. The number of rotatable bonds is 4. The molecular weight excluding hydrogens is 214 g/mol. The Bertz CT molecular complexity index is 347. The average molecular weight is 237 g/mol. The summed E-state index contributed by atoms with van der Waals surface area (Å²) in [6.07, 6.45) is 6.04. The molecule has 1 aliphatic carbocycles. The Kier molecular flexibility index (Phi) is 3.72. The van der Waals surface area contributed by atoms with Crippen LogP contribution in [0.2, 0.25) is 0 Å². The van der Waals surface area contributed by atoms with E-state index in [0.717, 1.165) is 30.9 Å². The van der Waals surface area contributed by atoms with E-state index in [1.54, 1.807) is 0 Å². The van der Waals surface area contributed by atoms with Gasteiger partial charge in [0, 0.05) is 30.8 Å². The number of aliphatic hydroxyl groups is 1. The molecule has 0 bridgehead atoms. The third-order valence-corrected chi connectivity index (χ3v) is 4.01. The topological polar surface area (TPSA) is 50.1 Å². The van der Waals surface area contributed by atoms with Crippen LogP contribution < -0.4 is 5.32 Å². The van der Waals surface area contributed by atoms with Gasteiger partial charge in [-0.2, -0.15) is 5.10 Å². The minimum Gasteiger partial charge on any atom is -0.396 e. The largest absolute Gasteiger partial charge is 0.396 e. The third-order valence-electron chi connectivity index (χ3n) is 4.01. The number of hydrogen-bond acceptors (Lipinski definition) is 3. The zero-order chi connectivity index (χ0) is 12.3. The van der Waals surface area contributed by atoms with Crippen molar-refractivity contribution in [3.63, 3.8) is 0 Å². The Labute approximate surface area is 103 Å². The van der Waals surface area contributed by atoms with Crippen LogP contribution >= 0.6 is 0 Å². The summed E-state index contributed by atoms with van der Waals surface area (Å²) in [7, 11) is 1.95. The van der Waals surface area contributed by atoms with E-state index >= 15 is 0 Å². The lowest BCUT2D eigenvalue weighted by Crippen LogP contribution is -2.35. The molecule has 1 fully saturated rings. The van der Waals surface area contributed by atoms with E-state index in [-0.39, 0.29) is 12.0 Å². The zero-order valence-electron chi connectivity index (χ0n) is 10.9. The van der Waals surface area contributed by atoms with Crippen molar-refractivity contribution in [1.29, 1.82) is 0 Å². The van der Waals surface area contributed by atoms with Crippen molar-refractivity contribution in [2.45, 2.75) is 39.0 Å². The van der Waals surface area contributed by atoms with E-state index in [1.165, 1.54) is 19.3 Å². The predicted octanol–water partition coefficient (Wildman–Crippen LogP) is 2.08. The molecule has 0 spiro atoms. The summed E-state index contributed by atoms with van der Waals surface area (Å²) >= 11 is 0. The van der Waals surface area contributed by atoms with Gasteiger partial charge < -0.3 is 10.4 Å². The van der Waals surface area contributed by atoms with E-state index < -0.39 is 0 Å². The zero-order valence-corrected chi connectivity index (χ0v) is 10.9. The summed E-state index contributed by atoms with van der Waals surface area (Å²) in [6, 6.07) is 2.05. The fourth-order valence-corrected chi connectivity index (χ4v) is 2.62. The van der Waals surface area contributed by atoms with Crippen molar-refractivity contribution >= 4 is 5.82 Å². The highest BCUT2D eigenvalue weighted by Crippen LogP contribution is 2.35. The molecule has 0 amide bonds. The number of aromatic nitrogens is 2. The first-order valence-electron chi connectivity index (χ1n) is 6.51. The predicted molar refractivity (Wildman–Crippen MR) is 69.0 cm³/mol. The summed E-state index contributed by atoms with van der Waals surface area (Å²) in [5.74, 6) is 0.920. The fraction of sp³-hybridized carbons (Fsp3) is 0.769. The Morgan fingerprint density at radius 1 is 1.41 bits per heavy atom. The molecule has 1 aliphatic rings. The van der Waals surface area contributed by atoms with Gasteiger partial charge in [0.05, 0.1) is 6.61 Å². The number of hydrogen-bond donors (Lipinski definition) is 2. The SMILES string of the molecule is Cc1cc(NCC2(CO)CCCCC2)nn1C. The molecule has 2 N–H and O–H groups in total. The lowest BCUT2D eigenvalue weighted by Gasteiger charge is -2.35. The first kappa shape index (κ1) is 12.4. The van der Waals surface area contributed by atoms with Crippen molar-refractivity contribution in [3.05, 3.63) is 11.8 Å². The summed E-state index contributed by atoms with van der Waals surface area (Å²) in [4.78, 5) is 0. The Morgan fingerprint density at radius 3 is 2.65 bits per heavy atom. The van der Waals surface area contributed by atoms with Crippen LogP contribution in [0, 0.1) is 12.3 Å². The number of nitrogens with zero attached hydrogens (tertiary/aromatic N) is 2. The second-order valence-corrected chi connectivity index (χ2v) is 5.37. The number of aryl methyl sites for hydroxylation is 2. The highest BCUT2D eigenvalue weighted by Gasteiger charge is 2.31. The number of aliphatic hydroxyl groups excluding tert-OH is 1. The van der Waals surface area contributed by atoms with Gasteiger partial charge in [-0.25, -0.2) is 0 Å². The molecule has 1 saturated carbocycles. The lowest BCUT2D eigenvalue weighted by molar-refractivity contribution is 0.0943. The molecule has 0 aromatic carbocycles. The monoisotopic (exact) mass is 237 g/mol. The maximum Gasteiger partial charge on any atom is 0.148 e. The molecule has 1 aromatic rings. The van der Waals surface area contributed by atoms with Gasteiger partial charge in [0.1, 0.15) is 5.82 Å². The van der Waals surface area contributed by atoms with Gasteiger partial charge in [-0.1, -0.05) is 19.3 Å². The van der Waals surface area contributed by atoms with E-state index in [0.29, 0.717) is 0 Å². The second-order valence-electron chi connectivity index (χ2n) is 5.37. The maximum absolute atomic E-state index is 9.61. The maximum atomic E-state index is 9.61. The normalized spacial score (nSPS) is 19.2. The molecule has 96 valence electrons. The van der Waals surface area contributed by atoms with Gasteiger partial charge in [-0.3, -0.25) is 4.68 Å². The molecule has 1 aromatic heterocycles. The first-order chi connectivity index (χ1) is 8.15. The summed E-state index contributed by atoms with van der Waals surface area (Å²) < 4.78 is 1.87. The van der Waals surface area contributed by atoms with Crippen LogP contribution in [-0.2, 0) is 7.05 Å². The summed E-state index contributed by atoms with van der Waals surface area (Å²) in [6.45, 7) is 3.16. The molecule has 0 saturated heterocycles. The molecule has 0 aliphatic heterocycles. The smallest absolute Gasteiger partial charge is 0.148 e. The van der Waals surface area contributed by atoms with Crippen LogP contribution in [0.3, 0.4) is 0 Å². The van der Waals surface area contributed by atoms with Crippen LogP contribution in [0.4, 0.5) is 5.82 Å². The summed E-state index contributed by atoms with van der Waals surface area (Å²) in [5.41, 5.74) is 1.22. The van der Waals surface area contributed by atoms with Gasteiger partial charge in [0.2, 0.25) is 0 Å². The van der Waals surface area contributed by atoms with E-state index in [9.17, 15) is 5.11 Å². The van der Waals surface area contributed by atoms with Gasteiger partial charge in [0.15, 0.2) is 0 Å². The average Bonchev–Trinajstić information content (AvgIpc) is 2.68. The van der Waals surface area contributed by atoms with Crippen LogP contribution in [-0.4, -0.2) is 28.0 Å². The first-order valence-corrected chi connectivity index (χ1v) is 6.51. The molecular formula is C13H23N3O. The molecule has 0 radical (unpaired) electrons. The van der Waals surface area contributed by atoms with E-state index in [2.05, 4.69) is 10.4 Å². The Hall–Kier alpha value is -1.03. The minimum atomic E-state index is 0.0731. The molecule has 2 rings (SSSR count). The molecule has 0 atom stereocenters. The molecule has 4 nitrogen and oxygen atoms in total. The minimum absolute atomic E-state index is 0.0731. The van der Waals surface area contributed by atoms with Crippen LogP contribution in [0.25, 0.3) is 0 Å². The highest BCUT2D eigenvalue weighted by atomic mass is 16.3. The van der Waals surface area contributed by atoms with Gasteiger partial charge >= 0.3 is 0 Å². The highest BCUT2D eigenvalue weighted by molar-refractivity contribution is 5.35. The fourth-order valence-electron chi connectivity index (χ4n) is 2.62. The second kappa shape index (κ2) is 5.08. The van der Waals surface area contributed by atoms with E-state index in [4.69, 9.17) is 0 Å². The molecule has 17 heavy (non-hydrogen) atoms. The molecule has 4 heteroatoms. The lowest BCUT2D eigenvalue weighted by atomic mass is 9.74. The van der Waals surface area contributed by atoms with Crippen molar-refractivity contribution in [1.82, 2.24) is 9.78 Å². The molecule has 0 unspecified atom stereocenters. The van der Waals surface area contributed by atoms with Crippen molar-refractivity contribution < 1.29 is 5.11 Å². The van der Waals surface area contributed by atoms with Crippen molar-refractivity contribution in [2.24, 2.45) is 12.5 Å². The van der Waals surface area contributed by atoms with Crippen molar-refractivity contribution in [2.75, 3.05) is 18.5 Å². The van der Waals surface area contributed by atoms with Crippen LogP contribution in [0.5, 0.6) is 0 Å². The van der Waals surface area contributed by atoms with Crippen LogP contribution in [0.1, 0.15) is 37.8 Å². The van der Waals surface area contributed by atoms with Gasteiger partial charge in [-0.05, 0) is 19.8 Å². The Morgan fingerprint density at radius 2 is 2.12 bits per heavy atom. The third kappa shape index (κ3) is 2.80. The molecule has 1 heterocycles. The van der Waals surface area contributed by atoms with Crippen molar-refractivity contribution in [3.8, 4) is 0 Å². The number of nitrogens with one attached hydrogen (secondary N) is 1. The standard InChI is InChI=1S/C13H23N3O/c1-11-8-12(15-16(11)2)14-9-13(10-17)6-4-3-5-7-13/h8,17H,3-7,9-10H2,1-2H3,(H,14,15). The number of anilines is 1. The van der Waals surface area contributed by atoms with Crippen LogP contribution in [0.15, 0.2) is 6.07 Å². The van der Waals surface area contributed by atoms with Gasteiger partial charge in [0.25, 0.3) is 0 Å². The quantitative estimate of drug-likeness (QED) is 0.843. The summed E-state index contributed by atoms with van der Waals surface area (Å²) in [5, 5.41) is 17.4.